The minimum Gasteiger partial charge on any atom is -0.489 e. The molecule has 234 valence electrons. The number of likely N-dealkylation sites (tertiary alicyclic amines) is 1. The van der Waals surface area contributed by atoms with Crippen molar-refractivity contribution < 1.29 is 17.9 Å². The third-order valence-electron chi connectivity index (χ3n) is 8.67. The number of rotatable bonds is 9. The van der Waals surface area contributed by atoms with Crippen molar-refractivity contribution >= 4 is 30.8 Å². The summed E-state index contributed by atoms with van der Waals surface area (Å²) in [5.41, 5.74) is 1.75. The molecule has 44 heavy (non-hydrogen) atoms. The first-order chi connectivity index (χ1) is 20.8. The van der Waals surface area contributed by atoms with Gasteiger partial charge in [0.1, 0.15) is 29.3 Å². The van der Waals surface area contributed by atoms with Gasteiger partial charge >= 0.3 is 0 Å². The summed E-state index contributed by atoms with van der Waals surface area (Å²) in [6.45, 7) is 14.8. The standard InChI is InChI=1S/C33H39ClF2N4O3Si/c1-33(2,3)44(4,5)42-13-12-40-10-8-25(9-11-40)43-30-19-29-26(18-27(30)34)32(41)39-31(38-29)14-21-6-7-28(37-20-21)22-15-23(35)17-24(36)16-22/h6-7,15-20,25H,8-14H2,1-5H3,(H,38,39,41). The fraction of sp³-hybridized carbons (Fsp3) is 0.424. The third kappa shape index (κ3) is 7.72. The van der Waals surface area contributed by atoms with Gasteiger partial charge in [0.25, 0.3) is 5.56 Å². The first kappa shape index (κ1) is 32.2. The number of aromatic amines is 1. The molecular formula is C33H39ClF2N4O3Si. The second-order valence-corrected chi connectivity index (χ2v) is 18.2. The summed E-state index contributed by atoms with van der Waals surface area (Å²) < 4.78 is 39.9. The Balaban J connectivity index is 1.22. The molecular weight excluding hydrogens is 602 g/mol. The van der Waals surface area contributed by atoms with E-state index in [0.29, 0.717) is 45.2 Å². The van der Waals surface area contributed by atoms with Gasteiger partial charge in [0.2, 0.25) is 0 Å². The van der Waals surface area contributed by atoms with E-state index >= 15 is 0 Å². The molecule has 0 saturated carbocycles. The Morgan fingerprint density at radius 1 is 1.07 bits per heavy atom. The number of fused-ring (bicyclic) bond motifs is 1. The normalized spacial score (nSPS) is 15.2. The molecule has 0 unspecified atom stereocenters. The van der Waals surface area contributed by atoms with Crippen LogP contribution in [0, 0.1) is 11.6 Å². The van der Waals surface area contributed by atoms with Gasteiger partial charge in [-0.2, -0.15) is 0 Å². The molecule has 3 heterocycles. The largest absolute Gasteiger partial charge is 0.489 e. The summed E-state index contributed by atoms with van der Waals surface area (Å²) in [6, 6.07) is 10.1. The second kappa shape index (κ2) is 13.0. The molecule has 0 atom stereocenters. The van der Waals surface area contributed by atoms with Crippen molar-refractivity contribution in [2.75, 3.05) is 26.2 Å². The van der Waals surface area contributed by atoms with Crippen LogP contribution >= 0.6 is 11.6 Å². The number of nitrogens with zero attached hydrogens (tertiary/aromatic N) is 3. The Morgan fingerprint density at radius 3 is 2.41 bits per heavy atom. The predicted octanol–water partition coefficient (Wildman–Crippen LogP) is 7.37. The minimum absolute atomic E-state index is 0.0140. The summed E-state index contributed by atoms with van der Waals surface area (Å²) in [6.07, 6.45) is 3.67. The number of benzene rings is 2. The molecule has 1 aliphatic rings. The molecule has 11 heteroatoms. The highest BCUT2D eigenvalue weighted by molar-refractivity contribution is 6.74. The summed E-state index contributed by atoms with van der Waals surface area (Å²) in [5, 5.41) is 0.949. The lowest BCUT2D eigenvalue weighted by molar-refractivity contribution is 0.0901. The van der Waals surface area contributed by atoms with Crippen LogP contribution in [0.15, 0.2) is 53.5 Å². The fourth-order valence-corrected chi connectivity index (χ4v) is 6.28. The van der Waals surface area contributed by atoms with E-state index in [1.807, 2.05) is 0 Å². The van der Waals surface area contributed by atoms with Gasteiger partial charge in [-0.1, -0.05) is 38.4 Å². The molecule has 0 radical (unpaired) electrons. The predicted molar refractivity (Wildman–Crippen MR) is 173 cm³/mol. The second-order valence-electron chi connectivity index (χ2n) is 13.0. The van der Waals surface area contributed by atoms with Crippen molar-refractivity contribution in [1.82, 2.24) is 19.9 Å². The lowest BCUT2D eigenvalue weighted by atomic mass is 10.1. The number of pyridine rings is 1. The number of hydrogen-bond acceptors (Lipinski definition) is 6. The zero-order valence-electron chi connectivity index (χ0n) is 25.8. The molecule has 5 rings (SSSR count). The van der Waals surface area contributed by atoms with Crippen LogP contribution in [0.5, 0.6) is 5.75 Å². The summed E-state index contributed by atoms with van der Waals surface area (Å²) in [4.78, 5) is 27.1. The molecule has 0 spiro atoms. The van der Waals surface area contributed by atoms with Crippen LogP contribution in [0.1, 0.15) is 45.0 Å². The van der Waals surface area contributed by atoms with E-state index in [-0.39, 0.29) is 16.7 Å². The van der Waals surface area contributed by atoms with Crippen molar-refractivity contribution in [3.63, 3.8) is 0 Å². The van der Waals surface area contributed by atoms with Crippen LogP contribution in [0.4, 0.5) is 8.78 Å². The highest BCUT2D eigenvalue weighted by Gasteiger charge is 2.37. The Hall–Kier alpha value is -3.18. The number of halogens is 3. The smallest absolute Gasteiger partial charge is 0.258 e. The van der Waals surface area contributed by atoms with Crippen molar-refractivity contribution in [2.45, 2.75) is 64.3 Å². The number of hydrogen-bond donors (Lipinski definition) is 1. The summed E-state index contributed by atoms with van der Waals surface area (Å²) in [7, 11) is -1.75. The van der Waals surface area contributed by atoms with Crippen molar-refractivity contribution in [1.29, 1.82) is 0 Å². The molecule has 1 N–H and O–H groups in total. The van der Waals surface area contributed by atoms with Gasteiger partial charge in [-0.3, -0.25) is 9.78 Å². The van der Waals surface area contributed by atoms with E-state index in [4.69, 9.17) is 20.8 Å². The maximum atomic E-state index is 13.6. The van der Waals surface area contributed by atoms with Crippen LogP contribution in [0.3, 0.4) is 0 Å². The highest BCUT2D eigenvalue weighted by atomic mass is 35.5. The van der Waals surface area contributed by atoms with E-state index in [1.165, 1.54) is 12.1 Å². The number of aromatic nitrogens is 3. The van der Waals surface area contributed by atoms with Gasteiger partial charge in [0.15, 0.2) is 8.32 Å². The van der Waals surface area contributed by atoms with Gasteiger partial charge in [0.05, 0.1) is 21.6 Å². The molecule has 0 amide bonds. The summed E-state index contributed by atoms with van der Waals surface area (Å²) in [5.74, 6) is -0.368. The molecule has 1 saturated heterocycles. The van der Waals surface area contributed by atoms with E-state index < -0.39 is 20.0 Å². The van der Waals surface area contributed by atoms with E-state index in [0.717, 1.165) is 50.7 Å². The number of nitrogens with one attached hydrogen (secondary N) is 1. The molecule has 7 nitrogen and oxygen atoms in total. The molecule has 1 aliphatic heterocycles. The number of ether oxygens (including phenoxy) is 1. The van der Waals surface area contributed by atoms with Crippen LogP contribution in [0.25, 0.3) is 22.2 Å². The minimum atomic E-state index is -1.75. The molecule has 0 aliphatic carbocycles. The van der Waals surface area contributed by atoms with Crippen molar-refractivity contribution in [3.8, 4) is 17.0 Å². The highest BCUT2D eigenvalue weighted by Crippen LogP contribution is 2.36. The molecule has 4 aromatic rings. The summed E-state index contributed by atoms with van der Waals surface area (Å²) >= 11 is 6.54. The Labute approximate surface area is 262 Å². The molecule has 1 fully saturated rings. The first-order valence-electron chi connectivity index (χ1n) is 14.9. The molecule has 2 aromatic heterocycles. The van der Waals surface area contributed by atoms with Gasteiger partial charge < -0.3 is 19.0 Å². The lowest BCUT2D eigenvalue weighted by Crippen LogP contribution is -2.44. The first-order valence-corrected chi connectivity index (χ1v) is 18.2. The Kier molecular flexibility index (Phi) is 9.55. The average molecular weight is 641 g/mol. The third-order valence-corrected chi connectivity index (χ3v) is 13.5. The SMILES string of the molecule is CC(C)(C)[Si](C)(C)OCCN1CCC(Oc2cc3nc(Cc4ccc(-c5cc(F)cc(F)c5)nc4)[nH]c(=O)c3cc2Cl)CC1. The average Bonchev–Trinajstić information content (AvgIpc) is 2.94. The number of H-pyrrole nitrogens is 1. The lowest BCUT2D eigenvalue weighted by Gasteiger charge is -2.37. The topological polar surface area (TPSA) is 80.3 Å². The zero-order chi connectivity index (χ0) is 31.6. The van der Waals surface area contributed by atoms with Gasteiger partial charge in [-0.25, -0.2) is 13.8 Å². The van der Waals surface area contributed by atoms with Crippen LogP contribution in [0.2, 0.25) is 23.2 Å². The monoisotopic (exact) mass is 640 g/mol. The van der Waals surface area contributed by atoms with Crippen molar-refractivity contribution in [3.05, 3.63) is 87.1 Å². The van der Waals surface area contributed by atoms with E-state index in [9.17, 15) is 13.6 Å². The maximum Gasteiger partial charge on any atom is 0.258 e. The van der Waals surface area contributed by atoms with Gasteiger partial charge in [-0.15, -0.1) is 0 Å². The Bertz CT molecular complexity index is 1660. The van der Waals surface area contributed by atoms with E-state index in [1.54, 1.807) is 30.5 Å². The zero-order valence-corrected chi connectivity index (χ0v) is 27.6. The van der Waals surface area contributed by atoms with Crippen LogP contribution < -0.4 is 10.3 Å². The maximum absolute atomic E-state index is 13.6. The molecule has 2 aromatic carbocycles. The van der Waals surface area contributed by atoms with Crippen molar-refractivity contribution in [2.24, 2.45) is 0 Å². The van der Waals surface area contributed by atoms with E-state index in [2.05, 4.69) is 53.7 Å². The fourth-order valence-electron chi connectivity index (χ4n) is 5.03. The van der Waals surface area contributed by atoms with Gasteiger partial charge in [-0.05, 0) is 60.8 Å². The number of piperidine rings is 1. The van der Waals surface area contributed by atoms with Crippen LogP contribution in [-0.4, -0.2) is 60.5 Å². The Morgan fingerprint density at radius 2 is 1.77 bits per heavy atom. The van der Waals surface area contributed by atoms with Gasteiger partial charge in [0, 0.05) is 56.6 Å². The quantitative estimate of drug-likeness (QED) is 0.192. The van der Waals surface area contributed by atoms with Crippen LogP contribution in [-0.2, 0) is 10.8 Å². The molecule has 0 bridgehead atoms.